The van der Waals surface area contributed by atoms with Gasteiger partial charge in [-0.3, -0.25) is 4.79 Å². The van der Waals surface area contributed by atoms with E-state index < -0.39 is 35.4 Å². The Morgan fingerprint density at radius 3 is 2.08 bits per heavy atom. The number of amides is 1. The van der Waals surface area contributed by atoms with Gasteiger partial charge in [-0.25, -0.2) is 14.8 Å². The number of anilines is 1. The lowest BCUT2D eigenvalue weighted by Gasteiger charge is -2.28. The molecule has 0 bridgehead atoms. The highest BCUT2D eigenvalue weighted by atomic mass is 19.4. The van der Waals surface area contributed by atoms with E-state index in [9.17, 15) is 36.2 Å². The quantitative estimate of drug-likeness (QED) is 0.345. The number of nitrogens with two attached hydrogens (primary N) is 2. The Balaban J connectivity index is 0.000000673. The van der Waals surface area contributed by atoms with E-state index in [2.05, 4.69) is 9.97 Å². The summed E-state index contributed by atoms with van der Waals surface area (Å²) in [7, 11) is 0. The van der Waals surface area contributed by atoms with Crippen molar-refractivity contribution in [1.82, 2.24) is 9.97 Å². The Hall–Kier alpha value is -4.71. The smallest absolute Gasteiger partial charge is 0.475 e. The highest BCUT2D eigenvalue weighted by Gasteiger charge is 2.60. The van der Waals surface area contributed by atoms with Crippen molar-refractivity contribution in [1.29, 1.82) is 5.26 Å². The zero-order chi connectivity index (χ0) is 29.8. The standard InChI is InChI=1S/C22H18F3N5O2.C2HF3O2/c1-12-2-7-15(21(32,20(28)31)22(23,24)25)10-16(12)17-11-29-19(27)18(30-17)14-5-3-13(4-6-14)8-9-26;3-2(4,5)1(6)7/h2-7,10-11,32H,8H2,1H3,(H2,27,29)(H2,28,31);(H,6,7). The molecule has 0 aliphatic heterocycles. The van der Waals surface area contributed by atoms with Crippen LogP contribution in [-0.2, 0) is 21.6 Å². The first-order valence-electron chi connectivity index (χ1n) is 10.5. The highest BCUT2D eigenvalue weighted by molar-refractivity contribution is 5.86. The van der Waals surface area contributed by atoms with Gasteiger partial charge in [0, 0.05) is 16.7 Å². The number of primary amides is 1. The second kappa shape index (κ2) is 11.4. The molecule has 9 nitrogen and oxygen atoms in total. The molecule has 0 aliphatic rings. The number of hydrogen-bond acceptors (Lipinski definition) is 7. The molecule has 0 spiro atoms. The molecule has 6 N–H and O–H groups in total. The van der Waals surface area contributed by atoms with Crippen molar-refractivity contribution in [3.05, 3.63) is 65.4 Å². The number of aromatic nitrogens is 2. The Kier molecular flexibility index (Phi) is 8.88. The summed E-state index contributed by atoms with van der Waals surface area (Å²) in [6.07, 6.45) is -8.89. The van der Waals surface area contributed by atoms with E-state index in [0.717, 1.165) is 17.7 Å². The summed E-state index contributed by atoms with van der Waals surface area (Å²) >= 11 is 0. The fourth-order valence-corrected chi connectivity index (χ4v) is 3.18. The summed E-state index contributed by atoms with van der Waals surface area (Å²) in [6, 6.07) is 12.2. The van der Waals surface area contributed by atoms with Gasteiger partial charge >= 0.3 is 18.3 Å². The molecule has 3 aromatic rings. The monoisotopic (exact) mass is 555 g/mol. The van der Waals surface area contributed by atoms with Crippen LogP contribution in [0.4, 0.5) is 32.2 Å². The first-order chi connectivity index (χ1) is 17.9. The zero-order valence-electron chi connectivity index (χ0n) is 19.8. The minimum absolute atomic E-state index is 0.0968. The van der Waals surface area contributed by atoms with Gasteiger partial charge in [-0.05, 0) is 24.1 Å². The van der Waals surface area contributed by atoms with Crippen molar-refractivity contribution < 1.29 is 46.1 Å². The number of carbonyl (C=O) groups excluding carboxylic acids is 1. The number of aliphatic carboxylic acids is 1. The topological polar surface area (TPSA) is 176 Å². The molecule has 15 heteroatoms. The first-order valence-corrected chi connectivity index (χ1v) is 10.5. The summed E-state index contributed by atoms with van der Waals surface area (Å²) in [5, 5.41) is 26.0. The fourth-order valence-electron chi connectivity index (χ4n) is 3.18. The maximum Gasteiger partial charge on any atom is 0.490 e. The van der Waals surface area contributed by atoms with Crippen LogP contribution in [-0.4, -0.2) is 44.4 Å². The zero-order valence-corrected chi connectivity index (χ0v) is 19.8. The molecule has 0 saturated heterocycles. The Bertz CT molecular complexity index is 1420. The maximum atomic E-state index is 13.5. The largest absolute Gasteiger partial charge is 0.490 e. The van der Waals surface area contributed by atoms with E-state index in [0.29, 0.717) is 11.1 Å². The van der Waals surface area contributed by atoms with Crippen LogP contribution in [0, 0.1) is 18.3 Å². The summed E-state index contributed by atoms with van der Waals surface area (Å²) in [5.41, 5.74) is 8.84. The van der Waals surface area contributed by atoms with Gasteiger partial charge in [0.2, 0.25) is 0 Å². The number of benzene rings is 2. The number of nitrogens with zero attached hydrogens (tertiary/aromatic N) is 3. The van der Waals surface area contributed by atoms with Crippen LogP contribution >= 0.6 is 0 Å². The number of aryl methyl sites for hydroxylation is 1. The molecule has 1 heterocycles. The average Bonchev–Trinajstić information content (AvgIpc) is 2.84. The van der Waals surface area contributed by atoms with E-state index in [1.165, 1.54) is 12.3 Å². The number of rotatable bonds is 5. The second-order valence-corrected chi connectivity index (χ2v) is 7.93. The number of halogens is 6. The van der Waals surface area contributed by atoms with Gasteiger partial charge < -0.3 is 21.7 Å². The number of carboxylic acids is 1. The molecule has 1 aromatic heterocycles. The average molecular weight is 555 g/mol. The Morgan fingerprint density at radius 1 is 1.05 bits per heavy atom. The van der Waals surface area contributed by atoms with Gasteiger partial charge in [0.05, 0.1) is 24.4 Å². The van der Waals surface area contributed by atoms with Crippen molar-refractivity contribution in [3.8, 4) is 28.6 Å². The van der Waals surface area contributed by atoms with Crippen LogP contribution in [0.2, 0.25) is 0 Å². The number of alkyl halides is 6. The van der Waals surface area contributed by atoms with Gasteiger partial charge in [-0.2, -0.15) is 31.6 Å². The van der Waals surface area contributed by atoms with Crippen molar-refractivity contribution in [3.63, 3.8) is 0 Å². The molecule has 0 radical (unpaired) electrons. The van der Waals surface area contributed by atoms with Gasteiger partial charge in [0.15, 0.2) is 0 Å². The van der Waals surface area contributed by atoms with E-state index in [1.807, 2.05) is 6.07 Å². The third kappa shape index (κ3) is 6.79. The molecule has 206 valence electrons. The van der Waals surface area contributed by atoms with Gasteiger partial charge in [-0.1, -0.05) is 36.4 Å². The van der Waals surface area contributed by atoms with E-state index in [-0.39, 0.29) is 29.2 Å². The minimum atomic E-state index is -5.32. The van der Waals surface area contributed by atoms with Crippen molar-refractivity contribution >= 4 is 17.7 Å². The van der Waals surface area contributed by atoms with E-state index in [1.54, 1.807) is 31.2 Å². The molecular formula is C24H19F6N5O4. The second-order valence-electron chi connectivity index (χ2n) is 7.93. The molecule has 39 heavy (non-hydrogen) atoms. The van der Waals surface area contributed by atoms with E-state index >= 15 is 0 Å². The molecule has 0 saturated carbocycles. The van der Waals surface area contributed by atoms with Gasteiger partial charge in [0.25, 0.3) is 11.5 Å². The highest BCUT2D eigenvalue weighted by Crippen LogP contribution is 2.40. The lowest BCUT2D eigenvalue weighted by atomic mass is 9.89. The summed E-state index contributed by atoms with van der Waals surface area (Å²) in [4.78, 5) is 29.0. The number of carboxylic acid groups (broad SMARTS) is 1. The maximum absolute atomic E-state index is 13.5. The fraction of sp³-hybridized carbons (Fsp3) is 0.208. The van der Waals surface area contributed by atoms with Crippen LogP contribution in [0.3, 0.4) is 0 Å². The van der Waals surface area contributed by atoms with E-state index in [4.69, 9.17) is 26.6 Å². The molecule has 2 aromatic carbocycles. The lowest BCUT2D eigenvalue weighted by Crippen LogP contribution is -2.52. The number of hydrogen-bond donors (Lipinski definition) is 4. The SMILES string of the molecule is Cc1ccc(C(O)(C(N)=O)C(F)(F)F)cc1-c1cnc(N)c(-c2ccc(CC#N)cc2)n1.O=C(O)C(F)(F)F. The molecule has 1 atom stereocenters. The van der Waals surface area contributed by atoms with Gasteiger partial charge in [-0.15, -0.1) is 0 Å². The van der Waals surface area contributed by atoms with Crippen LogP contribution in [0.1, 0.15) is 16.7 Å². The first kappa shape index (κ1) is 30.5. The summed E-state index contributed by atoms with van der Waals surface area (Å²) in [5.74, 6) is -4.60. The molecule has 3 rings (SSSR count). The lowest BCUT2D eigenvalue weighted by molar-refractivity contribution is -0.255. The molecule has 0 aliphatic carbocycles. The number of carbonyl (C=O) groups is 2. The van der Waals surface area contributed by atoms with Crippen molar-refractivity contribution in [2.45, 2.75) is 31.3 Å². The van der Waals surface area contributed by atoms with Crippen molar-refractivity contribution in [2.75, 3.05) is 5.73 Å². The third-order valence-corrected chi connectivity index (χ3v) is 5.25. The predicted octanol–water partition coefficient (Wildman–Crippen LogP) is 3.64. The molecule has 0 fully saturated rings. The molecular weight excluding hydrogens is 536 g/mol. The third-order valence-electron chi connectivity index (χ3n) is 5.25. The van der Waals surface area contributed by atoms with Crippen LogP contribution in [0.15, 0.2) is 48.7 Å². The normalized spacial score (nSPS) is 12.9. The molecule has 1 amide bonds. The van der Waals surface area contributed by atoms with Gasteiger partial charge in [0.1, 0.15) is 11.5 Å². The summed E-state index contributed by atoms with van der Waals surface area (Å²) < 4.78 is 72.2. The number of aliphatic hydroxyl groups is 1. The van der Waals surface area contributed by atoms with Crippen LogP contribution < -0.4 is 11.5 Å². The van der Waals surface area contributed by atoms with Crippen molar-refractivity contribution in [2.24, 2.45) is 5.73 Å². The number of nitriles is 1. The molecule has 1 unspecified atom stereocenters. The Morgan fingerprint density at radius 2 is 1.62 bits per heavy atom. The number of nitrogen functional groups attached to an aromatic ring is 1. The van der Waals surface area contributed by atoms with Crippen LogP contribution in [0.5, 0.6) is 0 Å². The predicted molar refractivity (Wildman–Crippen MR) is 124 cm³/mol. The minimum Gasteiger partial charge on any atom is -0.475 e. The van der Waals surface area contributed by atoms with Crippen LogP contribution in [0.25, 0.3) is 22.5 Å². The Labute approximate surface area is 216 Å². The summed E-state index contributed by atoms with van der Waals surface area (Å²) in [6.45, 7) is 1.63.